The summed E-state index contributed by atoms with van der Waals surface area (Å²) in [6.07, 6.45) is -10.5. The molecule has 1 aliphatic carbocycles. The molecule has 7 aromatic carbocycles. The van der Waals surface area contributed by atoms with Crippen molar-refractivity contribution in [1.29, 1.82) is 0 Å². The minimum atomic E-state index is -1.38. The molecule has 0 spiro atoms. The van der Waals surface area contributed by atoms with Gasteiger partial charge in [0.25, 0.3) is 0 Å². The third-order valence-corrected chi connectivity index (χ3v) is 13.4. The van der Waals surface area contributed by atoms with Crippen molar-refractivity contribution in [3.05, 3.63) is 262 Å². The van der Waals surface area contributed by atoms with E-state index >= 15 is 0 Å². The molecule has 0 amide bonds. The lowest BCUT2D eigenvalue weighted by Crippen LogP contribution is -2.69. The summed E-state index contributed by atoms with van der Waals surface area (Å²) in [5.74, 6) is -0.606. The first-order chi connectivity index (χ1) is 38.0. The highest BCUT2D eigenvalue weighted by atomic mass is 16.7. The minimum absolute atomic E-state index is 0.0232. The minimum Gasteiger partial charge on any atom is -0.457 e. The van der Waals surface area contributed by atoms with E-state index in [0.717, 1.165) is 38.9 Å². The van der Waals surface area contributed by atoms with Crippen LogP contribution in [0.4, 0.5) is 0 Å². The van der Waals surface area contributed by atoms with E-state index in [0.29, 0.717) is 0 Å². The van der Waals surface area contributed by atoms with Gasteiger partial charge in [0.15, 0.2) is 12.4 Å². The number of carbonyl (C=O) groups excluding carboxylic acids is 1. The number of azide groups is 1. The molecular weight excluding hydrogens is 975 g/mol. The van der Waals surface area contributed by atoms with Crippen LogP contribution in [0, 0.1) is 0 Å². The normalized spacial score (nSPS) is 24.1. The quantitative estimate of drug-likeness (QED) is 0.0220. The van der Waals surface area contributed by atoms with Crippen molar-refractivity contribution in [2.75, 3.05) is 6.61 Å². The van der Waals surface area contributed by atoms with Gasteiger partial charge in [-0.15, -0.1) is 0 Å². The first-order valence-electron chi connectivity index (χ1n) is 26.1. The largest absolute Gasteiger partial charge is 0.457 e. The van der Waals surface area contributed by atoms with Crippen LogP contribution in [0.3, 0.4) is 0 Å². The summed E-state index contributed by atoms with van der Waals surface area (Å²) in [4.78, 5) is 17.1. The molecule has 0 radical (unpaired) electrons. The zero-order valence-electron chi connectivity index (χ0n) is 43.0. The molecule has 1 saturated carbocycles. The summed E-state index contributed by atoms with van der Waals surface area (Å²) < 4.78 is 69.2. The Morgan fingerprint density at radius 3 is 1.05 bits per heavy atom. The third kappa shape index (κ3) is 15.8. The number of hydrogen-bond donors (Lipinski definition) is 0. The summed E-state index contributed by atoms with van der Waals surface area (Å²) in [5, 5.41) is 4.41. The van der Waals surface area contributed by atoms with Crippen LogP contribution in [0.5, 0.6) is 0 Å². The third-order valence-electron chi connectivity index (χ3n) is 13.4. The second-order valence-corrected chi connectivity index (χ2v) is 19.0. The number of ether oxygens (including phenoxy) is 10. The van der Waals surface area contributed by atoms with E-state index in [2.05, 4.69) is 10.0 Å². The molecule has 14 nitrogen and oxygen atoms in total. The zero-order valence-corrected chi connectivity index (χ0v) is 43.0. The van der Waals surface area contributed by atoms with E-state index in [9.17, 15) is 10.3 Å². The fourth-order valence-corrected chi connectivity index (χ4v) is 9.70. The van der Waals surface area contributed by atoms with Gasteiger partial charge in [0.1, 0.15) is 54.9 Å². The van der Waals surface area contributed by atoms with E-state index in [1.165, 1.54) is 6.92 Å². The van der Waals surface area contributed by atoms with Crippen LogP contribution in [-0.4, -0.2) is 79.8 Å². The van der Waals surface area contributed by atoms with Gasteiger partial charge >= 0.3 is 5.97 Å². The van der Waals surface area contributed by atoms with Gasteiger partial charge in [-0.1, -0.05) is 217 Å². The van der Waals surface area contributed by atoms with Gasteiger partial charge in [0.05, 0.1) is 52.9 Å². The lowest BCUT2D eigenvalue weighted by atomic mass is 9.83. The van der Waals surface area contributed by atoms with Crippen LogP contribution in [-0.2, 0) is 98.4 Å². The average molecular weight is 1040 g/mol. The second-order valence-electron chi connectivity index (χ2n) is 19.0. The van der Waals surface area contributed by atoms with Gasteiger partial charge in [-0.25, -0.2) is 0 Å². The average Bonchev–Trinajstić information content (AvgIpc) is 3.48. The maximum Gasteiger partial charge on any atom is 0.303 e. The lowest BCUT2D eigenvalue weighted by molar-refractivity contribution is -0.339. The van der Waals surface area contributed by atoms with Crippen molar-refractivity contribution < 1.29 is 52.2 Å². The topological polar surface area (TPSA) is 158 Å². The van der Waals surface area contributed by atoms with Crippen LogP contribution in [0.25, 0.3) is 10.4 Å². The summed E-state index contributed by atoms with van der Waals surface area (Å²) >= 11 is 0. The fourth-order valence-electron chi connectivity index (χ4n) is 9.70. The highest BCUT2D eigenvalue weighted by molar-refractivity contribution is 5.66. The molecule has 0 bridgehead atoms. The number of esters is 1. The molecule has 0 N–H and O–H groups in total. The van der Waals surface area contributed by atoms with Crippen LogP contribution >= 0.6 is 0 Å². The van der Waals surface area contributed by atoms with Crippen LogP contribution in [0.1, 0.15) is 45.9 Å². The van der Waals surface area contributed by atoms with Crippen molar-refractivity contribution in [1.82, 2.24) is 0 Å². The zero-order chi connectivity index (χ0) is 52.9. The Balaban J connectivity index is 1.15. The van der Waals surface area contributed by atoms with Gasteiger partial charge in [0.2, 0.25) is 0 Å². The number of carbonyl (C=O) groups is 1. The molecule has 9 rings (SSSR count). The lowest BCUT2D eigenvalue weighted by Gasteiger charge is -2.51. The molecule has 77 heavy (non-hydrogen) atoms. The van der Waals surface area contributed by atoms with Crippen molar-refractivity contribution in [3.8, 4) is 0 Å². The van der Waals surface area contributed by atoms with Gasteiger partial charge in [-0.3, -0.25) is 4.79 Å². The molecule has 2 aliphatic rings. The highest BCUT2D eigenvalue weighted by Crippen LogP contribution is 2.39. The summed E-state index contributed by atoms with van der Waals surface area (Å²) in [6, 6.07) is 67.1. The molecule has 11 atom stereocenters. The Kier molecular flexibility index (Phi) is 20.6. The number of hydrogen-bond acceptors (Lipinski definition) is 12. The molecule has 0 aromatic heterocycles. The molecule has 2 fully saturated rings. The molecule has 1 saturated heterocycles. The molecule has 1 aliphatic heterocycles. The molecule has 1 heterocycles. The summed E-state index contributed by atoms with van der Waals surface area (Å²) in [7, 11) is 0. The number of rotatable bonds is 26. The molecule has 398 valence electrons. The summed E-state index contributed by atoms with van der Waals surface area (Å²) in [5.41, 5.74) is 16.8. The van der Waals surface area contributed by atoms with E-state index in [1.54, 1.807) is 0 Å². The Morgan fingerprint density at radius 2 is 0.714 bits per heavy atom. The van der Waals surface area contributed by atoms with Crippen molar-refractivity contribution in [2.24, 2.45) is 5.11 Å². The van der Waals surface area contributed by atoms with E-state index in [-0.39, 0.29) is 52.9 Å². The first kappa shape index (κ1) is 54.7. The van der Waals surface area contributed by atoms with E-state index < -0.39 is 73.2 Å². The molecule has 14 heteroatoms. The Morgan fingerprint density at radius 1 is 0.416 bits per heavy atom. The fraction of sp³-hybridized carbons (Fsp3) is 0.317. The SMILES string of the molecule is CC(=O)O[C@@H]1[C@@H](OCc2ccccc2)[C@H](OCc2ccccc2)[C@H](OCc2ccccc2)[C@@H](OCc2ccccc2)[C@H]1O[C@H]1O[C@H](COCc2ccccc2)[C@@H](OCc2ccccc2)[C@H](OCc2ccccc2)[C@H]1N=[N+]=[N-]. The van der Waals surface area contributed by atoms with Gasteiger partial charge < -0.3 is 47.4 Å². The van der Waals surface area contributed by atoms with Gasteiger partial charge in [-0.2, -0.15) is 0 Å². The Labute approximate surface area is 450 Å². The Bertz CT molecular complexity index is 2840. The highest BCUT2D eigenvalue weighted by Gasteiger charge is 2.58. The van der Waals surface area contributed by atoms with Crippen LogP contribution < -0.4 is 0 Å². The molecule has 0 unspecified atom stereocenters. The van der Waals surface area contributed by atoms with Gasteiger partial charge in [0, 0.05) is 11.8 Å². The smallest absolute Gasteiger partial charge is 0.303 e. The predicted molar refractivity (Wildman–Crippen MR) is 288 cm³/mol. The molecular formula is C63H65N3O11. The van der Waals surface area contributed by atoms with E-state index in [4.69, 9.17) is 47.4 Å². The first-order valence-corrected chi connectivity index (χ1v) is 26.1. The van der Waals surface area contributed by atoms with Gasteiger partial charge in [-0.05, 0) is 44.5 Å². The predicted octanol–water partition coefficient (Wildman–Crippen LogP) is 11.4. The van der Waals surface area contributed by atoms with Crippen LogP contribution in [0.2, 0.25) is 0 Å². The number of benzene rings is 7. The van der Waals surface area contributed by atoms with E-state index in [1.807, 2.05) is 212 Å². The standard InChI is InChI=1S/C63H65N3O11/c1-45(67)75-61-59(73-42-51-33-19-7-20-34-51)57(71-40-49-29-15-5-16-30-49)58(72-41-50-31-17-6-18-32-50)60(74-43-52-35-21-8-22-36-52)62(61)77-63-54(65-66-64)56(70-39-48-27-13-4-14-28-48)55(69-38-47-25-11-3-12-26-47)53(76-63)44-68-37-46-23-9-2-10-24-46/h2-36,53-63H,37-44H2,1H3/t53-,54-,55-,56-,57-,58+,59+,60-,61-,62-,63-/m1/s1. The monoisotopic (exact) mass is 1040 g/mol. The van der Waals surface area contributed by atoms with Crippen molar-refractivity contribution in [3.63, 3.8) is 0 Å². The maximum atomic E-state index is 13.7. The van der Waals surface area contributed by atoms with Crippen molar-refractivity contribution >= 4 is 5.97 Å². The second kappa shape index (κ2) is 28.9. The van der Waals surface area contributed by atoms with Crippen LogP contribution in [0.15, 0.2) is 217 Å². The Hall–Kier alpha value is -7.04. The molecule has 7 aromatic rings. The maximum absolute atomic E-state index is 13.7. The number of nitrogens with zero attached hydrogens (tertiary/aromatic N) is 3. The summed E-state index contributed by atoms with van der Waals surface area (Å²) in [6.45, 7) is 2.46. The van der Waals surface area contributed by atoms with Crippen molar-refractivity contribution in [2.45, 2.75) is 120 Å².